The van der Waals surface area contributed by atoms with E-state index in [1.807, 2.05) is 37.4 Å². The number of hydroxylamine groups is 1. The van der Waals surface area contributed by atoms with E-state index in [1.165, 1.54) is 0 Å². The zero-order valence-electron chi connectivity index (χ0n) is 18.4. The summed E-state index contributed by atoms with van der Waals surface area (Å²) in [6, 6.07) is -1.02. The molecule has 5 N–H and O–H groups in total. The minimum atomic E-state index is -0.567. The molecule has 0 radical (unpaired) electrons. The van der Waals surface area contributed by atoms with Crippen LogP contribution in [0.2, 0.25) is 0 Å². The molecule has 2 aliphatic rings. The third-order valence-electron chi connectivity index (χ3n) is 5.49. The molecule has 180 valence electrons. The summed E-state index contributed by atoms with van der Waals surface area (Å²) in [6.07, 6.45) is 4.86. The summed E-state index contributed by atoms with van der Waals surface area (Å²) in [5.41, 5.74) is 7.79. The van der Waals surface area contributed by atoms with Gasteiger partial charge in [-0.25, -0.2) is 5.48 Å². The normalized spacial score (nSPS) is 20.5. The summed E-state index contributed by atoms with van der Waals surface area (Å²) in [4.78, 5) is 38.6. The van der Waals surface area contributed by atoms with E-state index in [9.17, 15) is 14.4 Å². The van der Waals surface area contributed by atoms with Gasteiger partial charge in [-0.15, -0.1) is 35.9 Å². The Hall–Kier alpha value is -0.680. The van der Waals surface area contributed by atoms with Crippen LogP contribution in [-0.2, 0) is 14.4 Å². The highest BCUT2D eigenvalue weighted by atomic mass is 35.5. The highest BCUT2D eigenvalue weighted by Gasteiger charge is 2.51. The van der Waals surface area contributed by atoms with Crippen LogP contribution in [0.4, 0.5) is 0 Å². The molecular formula is C20H37ClN4O4S2. The number of unbranched alkanes of at least 4 members (excludes halogenated alkanes) is 3. The Labute approximate surface area is 199 Å². The summed E-state index contributed by atoms with van der Waals surface area (Å²) in [6.45, 7) is 5.22. The first-order chi connectivity index (χ1) is 14.3. The lowest BCUT2D eigenvalue weighted by Gasteiger charge is -2.27. The second-order valence-electron chi connectivity index (χ2n) is 8.52. The number of rotatable bonds is 11. The molecule has 0 unspecified atom stereocenters. The van der Waals surface area contributed by atoms with Crippen LogP contribution in [-0.4, -0.2) is 68.6 Å². The highest BCUT2D eigenvalue weighted by Crippen LogP contribution is 2.51. The van der Waals surface area contributed by atoms with E-state index in [4.69, 9.17) is 10.9 Å². The molecule has 0 aliphatic carbocycles. The van der Waals surface area contributed by atoms with Crippen LogP contribution >= 0.6 is 35.9 Å². The Morgan fingerprint density at radius 1 is 1.16 bits per heavy atom. The van der Waals surface area contributed by atoms with Crippen molar-refractivity contribution in [1.82, 2.24) is 15.7 Å². The van der Waals surface area contributed by atoms with Crippen LogP contribution in [0.5, 0.6) is 0 Å². The topological polar surface area (TPSA) is 125 Å². The van der Waals surface area contributed by atoms with Crippen LogP contribution in [0.1, 0.15) is 58.8 Å². The smallest absolute Gasteiger partial charge is 0.243 e. The average molecular weight is 497 g/mol. The molecule has 2 aliphatic heterocycles. The lowest BCUT2D eigenvalue weighted by Crippen LogP contribution is -2.51. The Morgan fingerprint density at radius 3 is 2.42 bits per heavy atom. The molecule has 0 saturated carbocycles. The zero-order chi connectivity index (χ0) is 22.1. The van der Waals surface area contributed by atoms with Crippen molar-refractivity contribution in [3.63, 3.8) is 0 Å². The van der Waals surface area contributed by atoms with Crippen LogP contribution in [0, 0.1) is 5.92 Å². The monoisotopic (exact) mass is 496 g/mol. The summed E-state index contributed by atoms with van der Waals surface area (Å²) in [7, 11) is 0. The Kier molecular flexibility index (Phi) is 12.6. The minimum absolute atomic E-state index is 0. The van der Waals surface area contributed by atoms with E-state index >= 15 is 0 Å². The lowest BCUT2D eigenvalue weighted by atomic mass is 10.0. The Balaban J connectivity index is 0.00000480. The van der Waals surface area contributed by atoms with Gasteiger partial charge in [-0.05, 0) is 25.2 Å². The van der Waals surface area contributed by atoms with Gasteiger partial charge < -0.3 is 16.0 Å². The minimum Gasteiger partial charge on any atom is -0.354 e. The predicted molar refractivity (Wildman–Crippen MR) is 128 cm³/mol. The first-order valence-corrected chi connectivity index (χ1v) is 12.8. The van der Waals surface area contributed by atoms with Crippen LogP contribution in [0.3, 0.4) is 0 Å². The van der Waals surface area contributed by atoms with E-state index in [2.05, 4.69) is 5.32 Å². The fourth-order valence-corrected chi connectivity index (χ4v) is 7.24. The first kappa shape index (κ1) is 28.4. The van der Waals surface area contributed by atoms with Crippen LogP contribution in [0.25, 0.3) is 0 Å². The first-order valence-electron chi connectivity index (χ1n) is 10.8. The predicted octanol–water partition coefficient (Wildman–Crippen LogP) is 2.13. The van der Waals surface area contributed by atoms with Crippen molar-refractivity contribution >= 4 is 53.7 Å². The molecule has 31 heavy (non-hydrogen) atoms. The summed E-state index contributed by atoms with van der Waals surface area (Å²) in [5.74, 6) is 1.84. The summed E-state index contributed by atoms with van der Waals surface area (Å²) >= 11 is 3.72. The molecular weight excluding hydrogens is 460 g/mol. The number of nitrogens with two attached hydrogens (primary N) is 1. The number of nitrogens with zero attached hydrogens (tertiary/aromatic N) is 1. The van der Waals surface area contributed by atoms with Gasteiger partial charge >= 0.3 is 0 Å². The van der Waals surface area contributed by atoms with Crippen molar-refractivity contribution in [3.8, 4) is 0 Å². The van der Waals surface area contributed by atoms with Gasteiger partial charge in [0.05, 0.1) is 10.1 Å². The standard InChI is InChI=1S/C20H36N4O4S2.ClH/c1-14(2)11-15(21)19(27)24-13-20(29-9-10-30-20)12-16(24)18(26)22-8-6-4-3-5-7-17(25)23-28;/h14-16,28H,3-13,21H2,1-2H3,(H,22,26)(H,23,25);1H/t15-,16-;/m0./s1. The maximum Gasteiger partial charge on any atom is 0.243 e. The molecule has 0 aromatic carbocycles. The highest BCUT2D eigenvalue weighted by molar-refractivity contribution is 8.21. The van der Waals surface area contributed by atoms with Crippen molar-refractivity contribution in [2.45, 2.75) is 75.0 Å². The number of hydrogen-bond donors (Lipinski definition) is 4. The molecule has 0 aromatic rings. The van der Waals surface area contributed by atoms with Gasteiger partial charge in [0.15, 0.2) is 0 Å². The van der Waals surface area contributed by atoms with Gasteiger partial charge in [0.25, 0.3) is 0 Å². The van der Waals surface area contributed by atoms with Gasteiger partial charge in [-0.3, -0.25) is 19.6 Å². The second-order valence-corrected chi connectivity index (χ2v) is 11.7. The molecule has 1 spiro atoms. The number of likely N-dealkylation sites (tertiary alicyclic amines) is 1. The number of amides is 3. The van der Waals surface area contributed by atoms with E-state index in [0.29, 0.717) is 44.7 Å². The summed E-state index contributed by atoms with van der Waals surface area (Å²) < 4.78 is -0.0809. The van der Waals surface area contributed by atoms with E-state index in [1.54, 1.807) is 10.4 Å². The number of halogens is 1. The van der Waals surface area contributed by atoms with Crippen molar-refractivity contribution in [1.29, 1.82) is 0 Å². The van der Waals surface area contributed by atoms with Gasteiger partial charge in [0.1, 0.15) is 6.04 Å². The molecule has 2 saturated heterocycles. The lowest BCUT2D eigenvalue weighted by molar-refractivity contribution is -0.139. The van der Waals surface area contributed by atoms with E-state index in [0.717, 1.165) is 30.8 Å². The molecule has 2 rings (SSSR count). The number of thioether (sulfide) groups is 2. The molecule has 0 aromatic heterocycles. The second kappa shape index (κ2) is 13.8. The fourth-order valence-electron chi connectivity index (χ4n) is 3.98. The Morgan fingerprint density at radius 2 is 1.81 bits per heavy atom. The quantitative estimate of drug-likeness (QED) is 0.196. The van der Waals surface area contributed by atoms with Crippen molar-refractivity contribution < 1.29 is 19.6 Å². The van der Waals surface area contributed by atoms with Gasteiger partial charge in [0, 0.05) is 37.4 Å². The van der Waals surface area contributed by atoms with Crippen LogP contribution in [0.15, 0.2) is 0 Å². The van der Waals surface area contributed by atoms with Gasteiger partial charge in [-0.2, -0.15) is 0 Å². The SMILES string of the molecule is CC(C)C[C@H](N)C(=O)N1CC2(C[C@H]1C(=O)NCCCCCCC(=O)NO)SCCS2.Cl. The molecule has 0 bridgehead atoms. The molecule has 3 amide bonds. The third kappa shape index (κ3) is 8.64. The number of nitrogens with one attached hydrogen (secondary N) is 2. The van der Waals surface area contributed by atoms with E-state index in [-0.39, 0.29) is 34.2 Å². The molecule has 2 atom stereocenters. The van der Waals surface area contributed by atoms with Crippen molar-refractivity contribution in [3.05, 3.63) is 0 Å². The third-order valence-corrected chi connectivity index (χ3v) is 8.91. The molecule has 11 heteroatoms. The van der Waals surface area contributed by atoms with Crippen LogP contribution < -0.4 is 16.5 Å². The fraction of sp³-hybridized carbons (Fsp3) is 0.850. The average Bonchev–Trinajstić information content (AvgIpc) is 3.32. The van der Waals surface area contributed by atoms with E-state index < -0.39 is 12.1 Å². The number of carbonyl (C=O) groups is 3. The maximum atomic E-state index is 13.0. The molecule has 2 heterocycles. The van der Waals surface area contributed by atoms with Gasteiger partial charge in [0.2, 0.25) is 17.7 Å². The molecule has 8 nitrogen and oxygen atoms in total. The van der Waals surface area contributed by atoms with Crippen molar-refractivity contribution in [2.24, 2.45) is 11.7 Å². The van der Waals surface area contributed by atoms with Crippen molar-refractivity contribution in [2.75, 3.05) is 24.6 Å². The maximum absolute atomic E-state index is 13.0. The number of hydrogen-bond acceptors (Lipinski definition) is 7. The Bertz CT molecular complexity index is 606. The zero-order valence-corrected chi connectivity index (χ0v) is 20.9. The summed E-state index contributed by atoms with van der Waals surface area (Å²) in [5, 5.41) is 11.5. The molecule has 2 fully saturated rings. The number of carbonyl (C=O) groups excluding carboxylic acids is 3. The largest absolute Gasteiger partial charge is 0.354 e. The van der Waals surface area contributed by atoms with Gasteiger partial charge in [-0.1, -0.05) is 26.7 Å².